The first kappa shape index (κ1) is 14.5. The highest BCUT2D eigenvalue weighted by molar-refractivity contribution is 5.15. The Kier molecular flexibility index (Phi) is 5.34. The van der Waals surface area contributed by atoms with Gasteiger partial charge < -0.3 is 4.74 Å². The SMILES string of the molecule is CC[C@@H]1CCC[C@@H](CN(C)Cc2ccc(F)cc2)O1. The van der Waals surface area contributed by atoms with Gasteiger partial charge in [0.25, 0.3) is 0 Å². The van der Waals surface area contributed by atoms with Crippen molar-refractivity contribution in [2.45, 2.75) is 51.4 Å². The molecule has 106 valence electrons. The molecule has 1 saturated heterocycles. The Morgan fingerprint density at radius 1 is 1.21 bits per heavy atom. The lowest BCUT2D eigenvalue weighted by molar-refractivity contribution is -0.0620. The fourth-order valence-electron chi connectivity index (χ4n) is 2.73. The van der Waals surface area contributed by atoms with Gasteiger partial charge in [0.05, 0.1) is 12.2 Å². The van der Waals surface area contributed by atoms with Crippen LogP contribution in [0, 0.1) is 5.82 Å². The summed E-state index contributed by atoms with van der Waals surface area (Å²) in [6.07, 6.45) is 5.53. The number of nitrogens with zero attached hydrogens (tertiary/aromatic N) is 1. The zero-order chi connectivity index (χ0) is 13.7. The number of likely N-dealkylation sites (N-methyl/N-ethyl adjacent to an activating group) is 1. The average molecular weight is 265 g/mol. The van der Waals surface area contributed by atoms with Crippen molar-refractivity contribution in [1.29, 1.82) is 0 Å². The van der Waals surface area contributed by atoms with E-state index in [1.54, 1.807) is 0 Å². The first-order valence-electron chi connectivity index (χ1n) is 7.26. The number of hydrogen-bond acceptors (Lipinski definition) is 2. The van der Waals surface area contributed by atoms with Crippen molar-refractivity contribution in [1.82, 2.24) is 4.90 Å². The minimum Gasteiger partial charge on any atom is -0.374 e. The zero-order valence-corrected chi connectivity index (χ0v) is 11.9. The molecule has 0 amide bonds. The van der Waals surface area contributed by atoms with Gasteiger partial charge in [-0.1, -0.05) is 19.1 Å². The zero-order valence-electron chi connectivity index (χ0n) is 11.9. The molecule has 3 heteroatoms. The molecule has 2 nitrogen and oxygen atoms in total. The molecular weight excluding hydrogens is 241 g/mol. The second-order valence-electron chi connectivity index (χ2n) is 5.54. The minimum absolute atomic E-state index is 0.173. The fraction of sp³-hybridized carbons (Fsp3) is 0.625. The molecule has 0 unspecified atom stereocenters. The van der Waals surface area contributed by atoms with Crippen LogP contribution in [0.2, 0.25) is 0 Å². The van der Waals surface area contributed by atoms with Crippen molar-refractivity contribution in [2.24, 2.45) is 0 Å². The number of ether oxygens (including phenoxy) is 1. The molecule has 1 aromatic carbocycles. The first-order chi connectivity index (χ1) is 9.17. The van der Waals surface area contributed by atoms with Gasteiger partial charge in [0.15, 0.2) is 0 Å². The van der Waals surface area contributed by atoms with Crippen LogP contribution in [-0.4, -0.2) is 30.7 Å². The van der Waals surface area contributed by atoms with E-state index in [2.05, 4.69) is 18.9 Å². The van der Waals surface area contributed by atoms with Gasteiger partial charge in [0, 0.05) is 13.1 Å². The summed E-state index contributed by atoms with van der Waals surface area (Å²) in [6, 6.07) is 6.74. The van der Waals surface area contributed by atoms with Gasteiger partial charge in [-0.25, -0.2) is 4.39 Å². The quantitative estimate of drug-likeness (QED) is 0.806. The molecule has 1 heterocycles. The smallest absolute Gasteiger partial charge is 0.123 e. The maximum atomic E-state index is 12.8. The molecule has 2 atom stereocenters. The molecule has 0 bridgehead atoms. The molecule has 1 fully saturated rings. The van der Waals surface area contributed by atoms with E-state index in [1.807, 2.05) is 12.1 Å². The normalized spacial score (nSPS) is 23.8. The standard InChI is InChI=1S/C16H24FNO/c1-3-15-5-4-6-16(19-15)12-18(2)11-13-7-9-14(17)10-8-13/h7-10,15-16H,3-6,11-12H2,1-2H3/t15-,16+/m1/s1. The molecule has 1 aliphatic heterocycles. The molecule has 19 heavy (non-hydrogen) atoms. The average Bonchev–Trinajstić information content (AvgIpc) is 2.41. The lowest BCUT2D eigenvalue weighted by Gasteiger charge is -2.32. The minimum atomic E-state index is -0.173. The van der Waals surface area contributed by atoms with Crippen LogP contribution in [0.5, 0.6) is 0 Å². The molecule has 0 radical (unpaired) electrons. The van der Waals surface area contributed by atoms with Gasteiger partial charge in [-0.15, -0.1) is 0 Å². The molecule has 0 aliphatic carbocycles. The van der Waals surface area contributed by atoms with Crippen molar-refractivity contribution in [3.05, 3.63) is 35.6 Å². The Morgan fingerprint density at radius 2 is 1.89 bits per heavy atom. The Hall–Kier alpha value is -0.930. The largest absolute Gasteiger partial charge is 0.374 e. The van der Waals surface area contributed by atoms with Gasteiger partial charge in [-0.05, 0) is 50.4 Å². The number of rotatable bonds is 5. The first-order valence-corrected chi connectivity index (χ1v) is 7.26. The topological polar surface area (TPSA) is 12.5 Å². The third-order valence-corrected chi connectivity index (χ3v) is 3.77. The maximum Gasteiger partial charge on any atom is 0.123 e. The van der Waals surface area contributed by atoms with Crippen LogP contribution in [0.1, 0.15) is 38.2 Å². The summed E-state index contributed by atoms with van der Waals surface area (Å²) in [5.74, 6) is -0.173. The van der Waals surface area contributed by atoms with E-state index < -0.39 is 0 Å². The number of halogens is 1. The molecule has 0 spiro atoms. The summed E-state index contributed by atoms with van der Waals surface area (Å²) >= 11 is 0. The molecule has 0 saturated carbocycles. The van der Waals surface area contributed by atoms with Crippen LogP contribution in [-0.2, 0) is 11.3 Å². The van der Waals surface area contributed by atoms with E-state index in [4.69, 9.17) is 4.74 Å². The Bertz CT molecular complexity index is 379. The van der Waals surface area contributed by atoms with Crippen LogP contribution >= 0.6 is 0 Å². The maximum absolute atomic E-state index is 12.8. The highest BCUT2D eigenvalue weighted by Gasteiger charge is 2.22. The van der Waals surface area contributed by atoms with Crippen molar-refractivity contribution in [3.8, 4) is 0 Å². The highest BCUT2D eigenvalue weighted by atomic mass is 19.1. The molecule has 2 rings (SSSR count). The third kappa shape index (κ3) is 4.59. The summed E-state index contributed by atoms with van der Waals surface area (Å²) < 4.78 is 18.9. The van der Waals surface area contributed by atoms with Crippen molar-refractivity contribution in [2.75, 3.05) is 13.6 Å². The summed E-state index contributed by atoms with van der Waals surface area (Å²) in [7, 11) is 2.10. The van der Waals surface area contributed by atoms with Gasteiger partial charge >= 0.3 is 0 Å². The van der Waals surface area contributed by atoms with Gasteiger partial charge in [0.1, 0.15) is 5.82 Å². The third-order valence-electron chi connectivity index (χ3n) is 3.77. The lowest BCUT2D eigenvalue weighted by Crippen LogP contribution is -2.36. The Morgan fingerprint density at radius 3 is 2.58 bits per heavy atom. The molecular formula is C16H24FNO. The highest BCUT2D eigenvalue weighted by Crippen LogP contribution is 2.21. The molecule has 1 aliphatic rings. The van der Waals surface area contributed by atoms with E-state index in [1.165, 1.54) is 25.0 Å². The van der Waals surface area contributed by atoms with Crippen molar-refractivity contribution < 1.29 is 9.13 Å². The lowest BCUT2D eigenvalue weighted by atomic mass is 10.0. The van der Waals surface area contributed by atoms with Crippen molar-refractivity contribution in [3.63, 3.8) is 0 Å². The van der Waals surface area contributed by atoms with Crippen LogP contribution in [0.25, 0.3) is 0 Å². The summed E-state index contributed by atoms with van der Waals surface area (Å²) in [6.45, 7) is 3.99. The van der Waals surface area contributed by atoms with E-state index in [0.717, 1.165) is 31.5 Å². The summed E-state index contributed by atoms with van der Waals surface area (Å²) in [5.41, 5.74) is 1.15. The second-order valence-corrected chi connectivity index (χ2v) is 5.54. The van der Waals surface area contributed by atoms with Gasteiger partial charge in [-0.2, -0.15) is 0 Å². The second kappa shape index (κ2) is 7.01. The molecule has 0 N–H and O–H groups in total. The monoisotopic (exact) mass is 265 g/mol. The predicted octanol–water partition coefficient (Wildman–Crippen LogP) is 3.61. The van der Waals surface area contributed by atoms with Gasteiger partial charge in [0.2, 0.25) is 0 Å². The van der Waals surface area contributed by atoms with E-state index >= 15 is 0 Å². The van der Waals surface area contributed by atoms with E-state index in [9.17, 15) is 4.39 Å². The number of hydrogen-bond donors (Lipinski definition) is 0. The van der Waals surface area contributed by atoms with E-state index in [-0.39, 0.29) is 5.82 Å². The summed E-state index contributed by atoms with van der Waals surface area (Å²) in [5, 5.41) is 0. The molecule has 1 aromatic rings. The van der Waals surface area contributed by atoms with E-state index in [0.29, 0.717) is 12.2 Å². The van der Waals surface area contributed by atoms with Crippen LogP contribution in [0.4, 0.5) is 4.39 Å². The Balaban J connectivity index is 1.80. The fourth-order valence-corrected chi connectivity index (χ4v) is 2.73. The van der Waals surface area contributed by atoms with Crippen LogP contribution in [0.3, 0.4) is 0 Å². The predicted molar refractivity (Wildman–Crippen MR) is 75.5 cm³/mol. The van der Waals surface area contributed by atoms with Crippen LogP contribution < -0.4 is 0 Å². The Labute approximate surface area is 115 Å². The molecule has 0 aromatic heterocycles. The van der Waals surface area contributed by atoms with Crippen LogP contribution in [0.15, 0.2) is 24.3 Å². The van der Waals surface area contributed by atoms with Gasteiger partial charge in [-0.3, -0.25) is 4.90 Å². The number of benzene rings is 1. The summed E-state index contributed by atoms with van der Waals surface area (Å²) in [4.78, 5) is 2.26. The van der Waals surface area contributed by atoms with Crippen molar-refractivity contribution >= 4 is 0 Å².